The van der Waals surface area contributed by atoms with E-state index in [4.69, 9.17) is 0 Å². The summed E-state index contributed by atoms with van der Waals surface area (Å²) in [5, 5.41) is 0. The summed E-state index contributed by atoms with van der Waals surface area (Å²) in [6.45, 7) is 5.03. The number of hydrogen-bond donors (Lipinski definition) is 0. The summed E-state index contributed by atoms with van der Waals surface area (Å²) in [5.41, 5.74) is 0. The van der Waals surface area contributed by atoms with Gasteiger partial charge >= 0.3 is 0 Å². The maximum absolute atomic E-state index is 3.29. The molecule has 7 unspecified atom stereocenters. The fourth-order valence-electron chi connectivity index (χ4n) is 10.7. The topological polar surface area (TPSA) is 3.24 Å². The van der Waals surface area contributed by atoms with Crippen LogP contribution in [0.15, 0.2) is 0 Å². The van der Waals surface area contributed by atoms with Gasteiger partial charge in [-0.25, -0.2) is 0 Å². The van der Waals surface area contributed by atoms with Crippen LogP contribution < -0.4 is 0 Å². The van der Waals surface area contributed by atoms with E-state index in [1.54, 1.807) is 57.8 Å². The molecule has 6 fully saturated rings. The Kier molecular flexibility index (Phi) is 6.21. The summed E-state index contributed by atoms with van der Waals surface area (Å²) in [4.78, 5) is 3.29. The molecule has 0 radical (unpaired) electrons. The Labute approximate surface area is 193 Å². The van der Waals surface area contributed by atoms with Gasteiger partial charge in [0.25, 0.3) is 0 Å². The van der Waals surface area contributed by atoms with Gasteiger partial charge in [0.1, 0.15) is 0 Å². The summed E-state index contributed by atoms with van der Waals surface area (Å²) < 4.78 is 0. The van der Waals surface area contributed by atoms with Crippen molar-refractivity contribution in [2.24, 2.45) is 47.3 Å². The standard InChI is InChI=1S/C30H51N/c1-20-10-14-22(15-11-20)31(23-16-12-21(2)13-17-23)29-19-18-27-25-7-4-3-6-24(25)26-8-5-9-28(29)30(26)27/h20-30H,3-19H2,1-2H3. The molecule has 0 spiro atoms. The van der Waals surface area contributed by atoms with Crippen molar-refractivity contribution in [2.75, 3.05) is 0 Å². The van der Waals surface area contributed by atoms with Crippen molar-refractivity contribution in [3.63, 3.8) is 0 Å². The second kappa shape index (κ2) is 8.96. The third-order valence-electron chi connectivity index (χ3n) is 12.0. The maximum atomic E-state index is 3.29. The van der Waals surface area contributed by atoms with Crippen molar-refractivity contribution in [3.8, 4) is 0 Å². The SMILES string of the molecule is CC1CCC(N(C2CCC(C)CC2)C2CCC3C4CCCCC4C4CCCC2C43)CC1. The lowest BCUT2D eigenvalue weighted by atomic mass is 9.61. The molecule has 0 N–H and O–H groups in total. The van der Waals surface area contributed by atoms with Crippen LogP contribution in [0.3, 0.4) is 0 Å². The number of fused-ring (bicyclic) bond motifs is 3. The smallest absolute Gasteiger partial charge is 0.0132 e. The van der Waals surface area contributed by atoms with Gasteiger partial charge in [-0.3, -0.25) is 4.90 Å². The zero-order valence-electron chi connectivity index (χ0n) is 20.8. The molecule has 7 atom stereocenters. The van der Waals surface area contributed by atoms with Crippen LogP contribution in [0.25, 0.3) is 0 Å². The Morgan fingerprint density at radius 1 is 0.419 bits per heavy atom. The summed E-state index contributed by atoms with van der Waals surface area (Å²) in [6.07, 6.45) is 26.3. The van der Waals surface area contributed by atoms with E-state index in [-0.39, 0.29) is 0 Å². The van der Waals surface area contributed by atoms with E-state index < -0.39 is 0 Å². The predicted octanol–water partition coefficient (Wildman–Crippen LogP) is 8.08. The molecular weight excluding hydrogens is 374 g/mol. The zero-order valence-corrected chi connectivity index (χ0v) is 20.8. The van der Waals surface area contributed by atoms with Crippen molar-refractivity contribution in [2.45, 2.75) is 141 Å². The van der Waals surface area contributed by atoms with Gasteiger partial charge < -0.3 is 0 Å². The first kappa shape index (κ1) is 21.5. The molecule has 1 heteroatoms. The Morgan fingerprint density at radius 2 is 0.903 bits per heavy atom. The van der Waals surface area contributed by atoms with Crippen LogP contribution in [0.5, 0.6) is 0 Å². The first-order valence-corrected chi connectivity index (χ1v) is 15.0. The average molecular weight is 426 g/mol. The molecule has 0 bridgehead atoms. The first-order valence-electron chi connectivity index (χ1n) is 15.0. The minimum absolute atomic E-state index is 0.931. The molecule has 176 valence electrons. The lowest BCUT2D eigenvalue weighted by molar-refractivity contribution is -0.0597. The fourth-order valence-corrected chi connectivity index (χ4v) is 10.7. The second-order valence-electron chi connectivity index (χ2n) is 13.5. The largest absolute Gasteiger partial charge is 0.294 e. The molecule has 0 aromatic carbocycles. The van der Waals surface area contributed by atoms with E-state index in [9.17, 15) is 0 Å². The molecule has 6 aliphatic carbocycles. The third kappa shape index (κ3) is 3.85. The van der Waals surface area contributed by atoms with E-state index in [1.807, 2.05) is 0 Å². The van der Waals surface area contributed by atoms with Crippen molar-refractivity contribution in [1.29, 1.82) is 0 Å². The Morgan fingerprint density at radius 3 is 1.48 bits per heavy atom. The van der Waals surface area contributed by atoms with Gasteiger partial charge in [-0.05, 0) is 137 Å². The second-order valence-corrected chi connectivity index (χ2v) is 13.5. The monoisotopic (exact) mass is 425 g/mol. The fraction of sp³-hybridized carbons (Fsp3) is 1.00. The minimum Gasteiger partial charge on any atom is -0.294 e. The quantitative estimate of drug-likeness (QED) is 0.442. The van der Waals surface area contributed by atoms with Crippen LogP contribution >= 0.6 is 0 Å². The summed E-state index contributed by atoms with van der Waals surface area (Å²) in [7, 11) is 0. The molecule has 0 aromatic heterocycles. The number of rotatable bonds is 3. The normalized spacial score (nSPS) is 52.5. The molecule has 0 amide bonds. The van der Waals surface area contributed by atoms with Gasteiger partial charge in [0.05, 0.1) is 0 Å². The van der Waals surface area contributed by atoms with Crippen molar-refractivity contribution < 1.29 is 0 Å². The highest BCUT2D eigenvalue weighted by atomic mass is 15.2. The Bertz CT molecular complexity index is 562. The first-order chi connectivity index (χ1) is 15.2. The van der Waals surface area contributed by atoms with Gasteiger partial charge in [0.15, 0.2) is 0 Å². The lowest BCUT2D eigenvalue weighted by Crippen LogP contribution is -2.58. The molecule has 31 heavy (non-hydrogen) atoms. The molecule has 6 aliphatic rings. The van der Waals surface area contributed by atoms with E-state index in [1.165, 1.54) is 51.4 Å². The highest BCUT2D eigenvalue weighted by molar-refractivity contribution is 5.08. The summed E-state index contributed by atoms with van der Waals surface area (Å²) in [6, 6.07) is 2.82. The van der Waals surface area contributed by atoms with Gasteiger partial charge in [-0.1, -0.05) is 33.1 Å². The van der Waals surface area contributed by atoms with Crippen LogP contribution in [-0.4, -0.2) is 23.0 Å². The minimum atomic E-state index is 0.931. The third-order valence-corrected chi connectivity index (χ3v) is 12.0. The van der Waals surface area contributed by atoms with E-state index in [2.05, 4.69) is 18.7 Å². The molecule has 6 rings (SSSR count). The van der Waals surface area contributed by atoms with Gasteiger partial charge in [-0.2, -0.15) is 0 Å². The number of nitrogens with zero attached hydrogens (tertiary/aromatic N) is 1. The van der Waals surface area contributed by atoms with Crippen LogP contribution in [0.1, 0.15) is 123 Å². The molecule has 0 aromatic rings. The van der Waals surface area contributed by atoms with Crippen LogP contribution in [0.4, 0.5) is 0 Å². The van der Waals surface area contributed by atoms with Crippen LogP contribution in [0, 0.1) is 47.3 Å². The molecular formula is C30H51N. The molecule has 6 saturated carbocycles. The number of hydrogen-bond acceptors (Lipinski definition) is 1. The van der Waals surface area contributed by atoms with Crippen molar-refractivity contribution >= 4 is 0 Å². The predicted molar refractivity (Wildman–Crippen MR) is 131 cm³/mol. The van der Waals surface area contributed by atoms with Gasteiger partial charge in [0.2, 0.25) is 0 Å². The summed E-state index contributed by atoms with van der Waals surface area (Å²) in [5.74, 6) is 8.73. The zero-order chi connectivity index (χ0) is 20.9. The Balaban J connectivity index is 1.27. The van der Waals surface area contributed by atoms with Gasteiger partial charge in [-0.15, -0.1) is 0 Å². The van der Waals surface area contributed by atoms with E-state index in [0.717, 1.165) is 65.5 Å². The van der Waals surface area contributed by atoms with Gasteiger partial charge in [0, 0.05) is 18.1 Å². The van der Waals surface area contributed by atoms with E-state index in [0.29, 0.717) is 0 Å². The molecule has 0 aliphatic heterocycles. The summed E-state index contributed by atoms with van der Waals surface area (Å²) >= 11 is 0. The highest BCUT2D eigenvalue weighted by Gasteiger charge is 2.58. The average Bonchev–Trinajstić information content (AvgIpc) is 3.13. The van der Waals surface area contributed by atoms with Crippen LogP contribution in [-0.2, 0) is 0 Å². The van der Waals surface area contributed by atoms with Crippen molar-refractivity contribution in [1.82, 2.24) is 4.90 Å². The molecule has 0 heterocycles. The molecule has 0 saturated heterocycles. The molecule has 1 nitrogen and oxygen atoms in total. The maximum Gasteiger partial charge on any atom is 0.0132 e. The van der Waals surface area contributed by atoms with Crippen LogP contribution in [0.2, 0.25) is 0 Å². The highest BCUT2D eigenvalue weighted by Crippen LogP contribution is 2.63. The Hall–Kier alpha value is -0.0400. The van der Waals surface area contributed by atoms with Crippen molar-refractivity contribution in [3.05, 3.63) is 0 Å². The van der Waals surface area contributed by atoms with E-state index >= 15 is 0 Å². The lowest BCUT2D eigenvalue weighted by Gasteiger charge is -2.55.